The topological polar surface area (TPSA) is 73.7 Å². The second kappa shape index (κ2) is 20.6. The van der Waals surface area contributed by atoms with Gasteiger partial charge in [0, 0.05) is 33.6 Å². The van der Waals surface area contributed by atoms with E-state index in [4.69, 9.17) is 21.1 Å². The van der Waals surface area contributed by atoms with Crippen molar-refractivity contribution in [2.24, 2.45) is 11.6 Å². The second-order valence-electron chi connectivity index (χ2n) is 2.72. The lowest BCUT2D eigenvalue weighted by Gasteiger charge is -2.14. The molecule has 0 aliphatic heterocycles. The summed E-state index contributed by atoms with van der Waals surface area (Å²) >= 11 is 0. The first-order chi connectivity index (χ1) is 8.20. The van der Waals surface area contributed by atoms with Crippen LogP contribution >= 0.6 is 0 Å². The van der Waals surface area contributed by atoms with Crippen LogP contribution in [0.25, 0.3) is 0 Å². The Balaban J connectivity index is -0.000000439. The Labute approximate surface area is 107 Å². The molecule has 0 saturated carbocycles. The number of ether oxygens (including phenoxy) is 2. The molecule has 0 atom stereocenters. The van der Waals surface area contributed by atoms with Gasteiger partial charge in [-0.1, -0.05) is 27.7 Å². The normalized spacial score (nSPS) is 9.71. The molecule has 17 heavy (non-hydrogen) atoms. The van der Waals surface area contributed by atoms with E-state index >= 15 is 0 Å². The summed E-state index contributed by atoms with van der Waals surface area (Å²) in [5, 5.41) is 1.54. The number of hydrogen-bond acceptors (Lipinski definition) is 5. The monoisotopic (exact) mass is 249 g/mol. The highest BCUT2D eigenvalue weighted by Gasteiger charge is 1.94. The number of methoxy groups -OCH3 is 2. The highest BCUT2D eigenvalue weighted by atomic mass is 16.5. The molecule has 0 aliphatic rings. The zero-order chi connectivity index (χ0) is 14.1. The van der Waals surface area contributed by atoms with Crippen molar-refractivity contribution in [3.63, 3.8) is 0 Å². The van der Waals surface area contributed by atoms with E-state index in [1.54, 1.807) is 20.4 Å². The molecule has 0 aromatic carbocycles. The molecule has 0 amide bonds. The van der Waals surface area contributed by atoms with Gasteiger partial charge in [0.15, 0.2) is 0 Å². The number of rotatable bonds is 7. The molecule has 0 rings (SSSR count). The highest BCUT2D eigenvalue weighted by Crippen LogP contribution is 1.90. The first-order valence-corrected chi connectivity index (χ1v) is 6.16. The van der Waals surface area contributed by atoms with Gasteiger partial charge in [0.2, 0.25) is 0 Å². The molecular weight excluding hydrogens is 218 g/mol. The van der Waals surface area contributed by atoms with E-state index in [0.29, 0.717) is 18.9 Å². The molecule has 0 radical (unpaired) electrons. The first-order valence-electron chi connectivity index (χ1n) is 6.16. The van der Waals surface area contributed by atoms with E-state index in [9.17, 15) is 0 Å². The molecule has 0 saturated heterocycles. The third kappa shape index (κ3) is 21.1. The molecule has 0 fully saturated rings. The summed E-state index contributed by atoms with van der Waals surface area (Å²) in [4.78, 5) is 0. The molecule has 0 heterocycles. The zero-order valence-electron chi connectivity index (χ0n) is 12.3. The van der Waals surface area contributed by atoms with Crippen LogP contribution in [0.1, 0.15) is 34.1 Å². The Morgan fingerprint density at radius 3 is 2.06 bits per heavy atom. The van der Waals surface area contributed by atoms with Crippen molar-refractivity contribution < 1.29 is 9.47 Å². The minimum absolute atomic E-state index is 0.401. The Morgan fingerprint density at radius 2 is 1.65 bits per heavy atom. The maximum absolute atomic E-state index is 5.61. The van der Waals surface area contributed by atoms with E-state index in [0.717, 1.165) is 13.0 Å². The summed E-state index contributed by atoms with van der Waals surface area (Å²) in [6.45, 7) is 9.82. The van der Waals surface area contributed by atoms with Crippen molar-refractivity contribution in [3.8, 4) is 0 Å². The first kappa shape index (κ1) is 21.5. The number of hydrazine groups is 1. The maximum Gasteiger partial charge on any atom is 0.0871 e. The van der Waals surface area contributed by atoms with Crippen LogP contribution in [0.15, 0.2) is 11.9 Å². The molecule has 0 aliphatic carbocycles. The molecule has 106 valence electrons. The van der Waals surface area contributed by atoms with Crippen LogP contribution in [0.2, 0.25) is 0 Å². The third-order valence-electron chi connectivity index (χ3n) is 1.41. The second-order valence-corrected chi connectivity index (χ2v) is 2.72. The fourth-order valence-electron chi connectivity index (χ4n) is 0.873. The van der Waals surface area contributed by atoms with Crippen LogP contribution < -0.4 is 11.6 Å². The van der Waals surface area contributed by atoms with Gasteiger partial charge in [-0.2, -0.15) is 0 Å². The molecular formula is C12H31N3O2. The van der Waals surface area contributed by atoms with Crippen molar-refractivity contribution in [1.29, 1.82) is 0 Å². The SMILES string of the molecule is CC.CC.COCCCN(N)/C=C(\N)COC. The van der Waals surface area contributed by atoms with Crippen molar-refractivity contribution in [2.45, 2.75) is 34.1 Å². The van der Waals surface area contributed by atoms with Crippen LogP contribution in [-0.4, -0.2) is 39.0 Å². The predicted octanol–water partition coefficient (Wildman–Crippen LogP) is 1.70. The van der Waals surface area contributed by atoms with Gasteiger partial charge in [-0.15, -0.1) is 0 Å². The van der Waals surface area contributed by atoms with Crippen molar-refractivity contribution in [3.05, 3.63) is 11.9 Å². The van der Waals surface area contributed by atoms with E-state index in [-0.39, 0.29) is 0 Å². The van der Waals surface area contributed by atoms with Gasteiger partial charge in [0.1, 0.15) is 0 Å². The largest absolute Gasteiger partial charge is 0.399 e. The molecule has 5 heteroatoms. The molecule has 4 N–H and O–H groups in total. The Morgan fingerprint density at radius 1 is 1.12 bits per heavy atom. The summed E-state index contributed by atoms with van der Waals surface area (Å²) in [5.74, 6) is 5.61. The Kier molecular flexibility index (Phi) is 26.1. The van der Waals surface area contributed by atoms with E-state index in [1.165, 1.54) is 5.01 Å². The standard InChI is InChI=1S/C8H19N3O2.2C2H6/c1-12-5-3-4-11(10)6-8(9)7-13-2;2*1-2/h6H,3-5,7,9-10H2,1-2H3;2*1-2H3/b8-6-;;. The van der Waals surface area contributed by atoms with Gasteiger partial charge >= 0.3 is 0 Å². The number of hydrogen-bond donors (Lipinski definition) is 2. The summed E-state index contributed by atoms with van der Waals surface area (Å²) in [6.07, 6.45) is 2.54. The molecule has 0 spiro atoms. The van der Waals surface area contributed by atoms with Crippen LogP contribution in [0.5, 0.6) is 0 Å². The Bertz CT molecular complexity index is 153. The third-order valence-corrected chi connectivity index (χ3v) is 1.41. The summed E-state index contributed by atoms with van der Waals surface area (Å²) < 4.78 is 9.72. The lowest BCUT2D eigenvalue weighted by atomic mass is 10.4. The van der Waals surface area contributed by atoms with Crippen LogP contribution in [0, 0.1) is 0 Å². The van der Waals surface area contributed by atoms with Gasteiger partial charge < -0.3 is 20.2 Å². The molecule has 0 bridgehead atoms. The fraction of sp³-hybridized carbons (Fsp3) is 0.833. The molecule has 0 unspecified atom stereocenters. The molecule has 0 aromatic heterocycles. The average Bonchev–Trinajstić information content (AvgIpc) is 2.34. The van der Waals surface area contributed by atoms with Gasteiger partial charge in [-0.05, 0) is 6.42 Å². The van der Waals surface area contributed by atoms with Crippen LogP contribution in [-0.2, 0) is 9.47 Å². The lowest BCUT2D eigenvalue weighted by Crippen LogP contribution is -2.28. The highest BCUT2D eigenvalue weighted by molar-refractivity contribution is 4.94. The Hall–Kier alpha value is -0.780. The quantitative estimate of drug-likeness (QED) is 0.408. The summed E-state index contributed by atoms with van der Waals surface area (Å²) in [5.41, 5.74) is 6.19. The molecule has 0 aromatic rings. The van der Waals surface area contributed by atoms with Crippen molar-refractivity contribution in [1.82, 2.24) is 5.01 Å². The van der Waals surface area contributed by atoms with E-state index in [1.807, 2.05) is 27.7 Å². The van der Waals surface area contributed by atoms with Crippen molar-refractivity contribution >= 4 is 0 Å². The summed E-state index contributed by atoms with van der Waals surface area (Å²) in [7, 11) is 3.25. The van der Waals surface area contributed by atoms with Crippen molar-refractivity contribution in [2.75, 3.05) is 34.0 Å². The fourth-order valence-corrected chi connectivity index (χ4v) is 0.873. The average molecular weight is 249 g/mol. The minimum atomic E-state index is 0.401. The maximum atomic E-state index is 5.61. The van der Waals surface area contributed by atoms with Gasteiger partial charge in [-0.3, -0.25) is 0 Å². The van der Waals surface area contributed by atoms with Gasteiger partial charge in [0.05, 0.1) is 12.3 Å². The minimum Gasteiger partial charge on any atom is -0.399 e. The zero-order valence-corrected chi connectivity index (χ0v) is 12.3. The number of nitrogens with two attached hydrogens (primary N) is 2. The summed E-state index contributed by atoms with van der Waals surface area (Å²) in [6, 6.07) is 0. The van der Waals surface area contributed by atoms with E-state index < -0.39 is 0 Å². The van der Waals surface area contributed by atoms with Gasteiger partial charge in [0.25, 0.3) is 0 Å². The van der Waals surface area contributed by atoms with Crippen LogP contribution in [0.4, 0.5) is 0 Å². The smallest absolute Gasteiger partial charge is 0.0871 e. The number of nitrogens with zero attached hydrogens (tertiary/aromatic N) is 1. The molecule has 5 nitrogen and oxygen atoms in total. The predicted molar refractivity (Wildman–Crippen MR) is 74.2 cm³/mol. The van der Waals surface area contributed by atoms with E-state index in [2.05, 4.69) is 0 Å². The lowest BCUT2D eigenvalue weighted by molar-refractivity contribution is 0.182. The van der Waals surface area contributed by atoms with Crippen LogP contribution in [0.3, 0.4) is 0 Å². The van der Waals surface area contributed by atoms with Gasteiger partial charge in [-0.25, -0.2) is 5.84 Å².